The first kappa shape index (κ1) is 18.4. The van der Waals surface area contributed by atoms with Crippen LogP contribution >= 0.6 is 0 Å². The van der Waals surface area contributed by atoms with Gasteiger partial charge >= 0.3 is 5.97 Å². The minimum absolute atomic E-state index is 0.124. The maximum Gasteiger partial charge on any atom is 0.308 e. The molecule has 0 aliphatic rings. The van der Waals surface area contributed by atoms with Crippen molar-refractivity contribution in [2.24, 2.45) is 5.92 Å². The SMILES string of the molecule is CC(CN(C)C(=O)CN(Cc1cccnc1)c1ccccc1)C(=O)O. The first-order valence-corrected chi connectivity index (χ1v) is 8.13. The Balaban J connectivity index is 2.10. The summed E-state index contributed by atoms with van der Waals surface area (Å²) in [6, 6.07) is 13.5. The highest BCUT2D eigenvalue weighted by atomic mass is 16.4. The van der Waals surface area contributed by atoms with Crippen LogP contribution in [0.25, 0.3) is 0 Å². The quantitative estimate of drug-likeness (QED) is 0.797. The lowest BCUT2D eigenvalue weighted by Gasteiger charge is -2.27. The van der Waals surface area contributed by atoms with E-state index >= 15 is 0 Å². The Labute approximate surface area is 147 Å². The number of hydrogen-bond donors (Lipinski definition) is 1. The molecule has 25 heavy (non-hydrogen) atoms. The second kappa shape index (κ2) is 8.82. The average Bonchev–Trinajstić information content (AvgIpc) is 2.62. The van der Waals surface area contributed by atoms with Crippen molar-refractivity contribution in [2.75, 3.05) is 25.0 Å². The molecule has 1 aromatic carbocycles. The van der Waals surface area contributed by atoms with Crippen LogP contribution in [0.15, 0.2) is 54.9 Å². The maximum absolute atomic E-state index is 12.6. The molecule has 1 unspecified atom stereocenters. The van der Waals surface area contributed by atoms with Gasteiger partial charge in [0.05, 0.1) is 12.5 Å². The van der Waals surface area contributed by atoms with Gasteiger partial charge in [0.15, 0.2) is 0 Å². The fourth-order valence-electron chi connectivity index (χ4n) is 2.46. The Morgan fingerprint density at radius 1 is 1.16 bits per heavy atom. The Morgan fingerprint density at radius 3 is 2.48 bits per heavy atom. The summed E-state index contributed by atoms with van der Waals surface area (Å²) in [7, 11) is 1.63. The Bertz CT molecular complexity index is 692. The van der Waals surface area contributed by atoms with E-state index in [-0.39, 0.29) is 19.0 Å². The molecule has 2 aromatic rings. The Morgan fingerprint density at radius 2 is 1.88 bits per heavy atom. The largest absolute Gasteiger partial charge is 0.481 e. The third kappa shape index (κ3) is 5.60. The number of pyridine rings is 1. The van der Waals surface area contributed by atoms with Crippen molar-refractivity contribution in [1.82, 2.24) is 9.88 Å². The van der Waals surface area contributed by atoms with E-state index in [0.29, 0.717) is 6.54 Å². The van der Waals surface area contributed by atoms with Crippen LogP contribution in [-0.4, -0.2) is 47.0 Å². The van der Waals surface area contributed by atoms with Crippen molar-refractivity contribution >= 4 is 17.6 Å². The zero-order chi connectivity index (χ0) is 18.2. The standard InChI is InChI=1S/C19H23N3O3/c1-15(19(24)25)12-21(2)18(23)14-22(17-8-4-3-5-9-17)13-16-7-6-10-20-11-16/h3-11,15H,12-14H2,1-2H3,(H,24,25). The number of rotatable bonds is 8. The number of carboxylic acid groups (broad SMARTS) is 1. The first-order valence-electron chi connectivity index (χ1n) is 8.13. The third-order valence-corrected chi connectivity index (χ3v) is 3.94. The van der Waals surface area contributed by atoms with E-state index in [4.69, 9.17) is 5.11 Å². The summed E-state index contributed by atoms with van der Waals surface area (Å²) >= 11 is 0. The highest BCUT2D eigenvalue weighted by Gasteiger charge is 2.20. The number of para-hydroxylation sites is 1. The van der Waals surface area contributed by atoms with Crippen molar-refractivity contribution in [2.45, 2.75) is 13.5 Å². The van der Waals surface area contributed by atoms with Crippen LogP contribution in [0.1, 0.15) is 12.5 Å². The Hall–Kier alpha value is -2.89. The smallest absolute Gasteiger partial charge is 0.308 e. The lowest BCUT2D eigenvalue weighted by Crippen LogP contribution is -2.41. The van der Waals surface area contributed by atoms with Crippen LogP contribution in [-0.2, 0) is 16.1 Å². The molecule has 0 saturated carbocycles. The van der Waals surface area contributed by atoms with Gasteiger partial charge in [-0.1, -0.05) is 31.2 Å². The fourth-order valence-corrected chi connectivity index (χ4v) is 2.46. The minimum Gasteiger partial charge on any atom is -0.481 e. The predicted octanol–water partition coefficient (Wildman–Crippen LogP) is 2.27. The number of anilines is 1. The molecule has 0 saturated heterocycles. The molecule has 0 bridgehead atoms. The number of carbonyl (C=O) groups is 2. The van der Waals surface area contributed by atoms with Gasteiger partial charge in [-0.25, -0.2) is 0 Å². The third-order valence-electron chi connectivity index (χ3n) is 3.94. The molecule has 1 atom stereocenters. The second-order valence-electron chi connectivity index (χ2n) is 6.07. The van der Waals surface area contributed by atoms with E-state index in [1.54, 1.807) is 26.4 Å². The molecule has 1 aromatic heterocycles. The number of carboxylic acids is 1. The van der Waals surface area contributed by atoms with E-state index in [1.807, 2.05) is 47.4 Å². The van der Waals surface area contributed by atoms with E-state index in [1.165, 1.54) is 4.90 Å². The summed E-state index contributed by atoms with van der Waals surface area (Å²) in [5.74, 6) is -1.63. The van der Waals surface area contributed by atoms with Crippen molar-refractivity contribution < 1.29 is 14.7 Å². The van der Waals surface area contributed by atoms with Crippen LogP contribution in [0.3, 0.4) is 0 Å². The predicted molar refractivity (Wildman–Crippen MR) is 96.2 cm³/mol. The van der Waals surface area contributed by atoms with Gasteiger partial charge in [0.1, 0.15) is 0 Å². The molecule has 1 heterocycles. The number of hydrogen-bond acceptors (Lipinski definition) is 4. The van der Waals surface area contributed by atoms with Gasteiger partial charge in [-0.15, -0.1) is 0 Å². The molecule has 0 spiro atoms. The van der Waals surface area contributed by atoms with Gasteiger partial charge in [-0.2, -0.15) is 0 Å². The van der Waals surface area contributed by atoms with Gasteiger partial charge in [0, 0.05) is 38.2 Å². The van der Waals surface area contributed by atoms with E-state index in [0.717, 1.165) is 11.3 Å². The zero-order valence-electron chi connectivity index (χ0n) is 14.5. The lowest BCUT2D eigenvalue weighted by molar-refractivity contribution is -0.142. The molecular weight excluding hydrogens is 318 g/mol. The van der Waals surface area contributed by atoms with Gasteiger partial charge in [-0.3, -0.25) is 14.6 Å². The molecule has 0 aliphatic heterocycles. The number of likely N-dealkylation sites (N-methyl/N-ethyl adjacent to an activating group) is 1. The second-order valence-corrected chi connectivity index (χ2v) is 6.07. The number of carbonyl (C=O) groups excluding carboxylic acids is 1. The number of aromatic nitrogens is 1. The van der Waals surface area contributed by atoms with Crippen LogP contribution in [0, 0.1) is 5.92 Å². The van der Waals surface area contributed by atoms with Crippen molar-refractivity contribution in [3.63, 3.8) is 0 Å². The monoisotopic (exact) mass is 341 g/mol. The summed E-state index contributed by atoms with van der Waals surface area (Å²) in [4.78, 5) is 31.1. The first-order chi connectivity index (χ1) is 12.0. The van der Waals surface area contributed by atoms with Gasteiger partial charge in [-0.05, 0) is 23.8 Å². The molecule has 132 valence electrons. The maximum atomic E-state index is 12.6. The Kier molecular flexibility index (Phi) is 6.51. The summed E-state index contributed by atoms with van der Waals surface area (Å²) in [6.07, 6.45) is 3.49. The molecular formula is C19H23N3O3. The van der Waals surface area contributed by atoms with Crippen LogP contribution in [0.2, 0.25) is 0 Å². The highest BCUT2D eigenvalue weighted by Crippen LogP contribution is 2.16. The summed E-state index contributed by atoms with van der Waals surface area (Å²) in [5, 5.41) is 9.01. The minimum atomic E-state index is -0.907. The number of nitrogens with zero attached hydrogens (tertiary/aromatic N) is 3. The van der Waals surface area contributed by atoms with Crippen molar-refractivity contribution in [1.29, 1.82) is 0 Å². The van der Waals surface area contributed by atoms with E-state index in [9.17, 15) is 9.59 Å². The number of benzene rings is 1. The molecule has 0 aliphatic carbocycles. The normalized spacial score (nSPS) is 11.6. The molecule has 0 fully saturated rings. The van der Waals surface area contributed by atoms with Crippen LogP contribution < -0.4 is 4.90 Å². The van der Waals surface area contributed by atoms with Crippen molar-refractivity contribution in [3.05, 3.63) is 60.4 Å². The van der Waals surface area contributed by atoms with E-state index in [2.05, 4.69) is 4.98 Å². The van der Waals surface area contributed by atoms with Gasteiger partial charge in [0.2, 0.25) is 5.91 Å². The molecule has 0 radical (unpaired) electrons. The zero-order valence-corrected chi connectivity index (χ0v) is 14.5. The molecule has 1 amide bonds. The molecule has 6 nitrogen and oxygen atoms in total. The van der Waals surface area contributed by atoms with Crippen LogP contribution in [0.4, 0.5) is 5.69 Å². The molecule has 2 rings (SSSR count). The van der Waals surface area contributed by atoms with Gasteiger partial charge < -0.3 is 14.9 Å². The lowest BCUT2D eigenvalue weighted by atomic mass is 10.1. The fraction of sp³-hybridized carbons (Fsp3) is 0.316. The number of aliphatic carboxylic acids is 1. The molecule has 1 N–H and O–H groups in total. The van der Waals surface area contributed by atoms with Gasteiger partial charge in [0.25, 0.3) is 0 Å². The topological polar surface area (TPSA) is 73.7 Å². The molecule has 6 heteroatoms. The highest BCUT2D eigenvalue weighted by molar-refractivity contribution is 5.82. The van der Waals surface area contributed by atoms with Crippen LogP contribution in [0.5, 0.6) is 0 Å². The summed E-state index contributed by atoms with van der Waals surface area (Å²) in [6.45, 7) is 2.49. The van der Waals surface area contributed by atoms with E-state index < -0.39 is 11.9 Å². The average molecular weight is 341 g/mol. The summed E-state index contributed by atoms with van der Waals surface area (Å²) < 4.78 is 0. The summed E-state index contributed by atoms with van der Waals surface area (Å²) in [5.41, 5.74) is 1.93. The van der Waals surface area contributed by atoms with Crippen molar-refractivity contribution in [3.8, 4) is 0 Å². The number of amides is 1.